The summed E-state index contributed by atoms with van der Waals surface area (Å²) < 4.78 is 0. The van der Waals surface area contributed by atoms with Gasteiger partial charge in [0.25, 0.3) is 0 Å². The number of urea groups is 1. The van der Waals surface area contributed by atoms with Crippen molar-refractivity contribution in [2.24, 2.45) is 0 Å². The molecule has 4 heteroatoms. The summed E-state index contributed by atoms with van der Waals surface area (Å²) in [6.07, 6.45) is 3.54. The Morgan fingerprint density at radius 1 is 1.28 bits per heavy atom. The van der Waals surface area contributed by atoms with Crippen molar-refractivity contribution in [3.63, 3.8) is 0 Å². The van der Waals surface area contributed by atoms with Gasteiger partial charge in [-0.2, -0.15) is 0 Å². The number of para-hydroxylation sites is 1. The molecule has 2 unspecified atom stereocenters. The molecule has 18 heavy (non-hydrogen) atoms. The molecule has 4 nitrogen and oxygen atoms in total. The standard InChI is InChI=1S/C14H19N3O/c18-14(16-11-5-2-1-3-6-11)17-10-9-15-12-7-4-8-13(12)17/h1-3,5-6,12-13,15H,4,7-10H2,(H,16,18). The van der Waals surface area contributed by atoms with E-state index in [4.69, 9.17) is 0 Å². The van der Waals surface area contributed by atoms with E-state index < -0.39 is 0 Å². The van der Waals surface area contributed by atoms with E-state index in [0.717, 1.165) is 25.2 Å². The Kier molecular flexibility index (Phi) is 3.19. The molecule has 3 rings (SSSR count). The van der Waals surface area contributed by atoms with Crippen molar-refractivity contribution < 1.29 is 4.79 Å². The van der Waals surface area contributed by atoms with Crippen molar-refractivity contribution in [3.8, 4) is 0 Å². The number of rotatable bonds is 1. The lowest BCUT2D eigenvalue weighted by molar-refractivity contribution is 0.155. The smallest absolute Gasteiger partial charge is 0.319 e. The van der Waals surface area contributed by atoms with Gasteiger partial charge in [0, 0.05) is 30.9 Å². The molecule has 2 atom stereocenters. The van der Waals surface area contributed by atoms with Crippen LogP contribution in [0.25, 0.3) is 0 Å². The third-order valence-electron chi connectivity index (χ3n) is 3.92. The molecule has 0 bridgehead atoms. The Morgan fingerprint density at radius 2 is 2.11 bits per heavy atom. The lowest BCUT2D eigenvalue weighted by atomic mass is 10.1. The second kappa shape index (κ2) is 4.98. The predicted molar refractivity (Wildman–Crippen MR) is 71.6 cm³/mol. The lowest BCUT2D eigenvalue weighted by Crippen LogP contribution is -2.58. The molecular formula is C14H19N3O. The second-order valence-electron chi connectivity index (χ2n) is 5.05. The molecule has 2 N–H and O–H groups in total. The molecule has 1 aromatic rings. The van der Waals surface area contributed by atoms with Gasteiger partial charge >= 0.3 is 6.03 Å². The Labute approximate surface area is 107 Å². The molecule has 1 saturated heterocycles. The van der Waals surface area contributed by atoms with Crippen LogP contribution in [0.15, 0.2) is 30.3 Å². The highest BCUT2D eigenvalue weighted by molar-refractivity contribution is 5.89. The van der Waals surface area contributed by atoms with Crippen molar-refractivity contribution in [1.29, 1.82) is 0 Å². The van der Waals surface area contributed by atoms with E-state index in [9.17, 15) is 4.79 Å². The Morgan fingerprint density at radius 3 is 2.94 bits per heavy atom. The Balaban J connectivity index is 1.68. The van der Waals surface area contributed by atoms with E-state index in [0.29, 0.717) is 12.1 Å². The zero-order valence-corrected chi connectivity index (χ0v) is 10.4. The van der Waals surface area contributed by atoms with Crippen molar-refractivity contribution in [3.05, 3.63) is 30.3 Å². The monoisotopic (exact) mass is 245 g/mol. The second-order valence-corrected chi connectivity index (χ2v) is 5.05. The van der Waals surface area contributed by atoms with Gasteiger partial charge < -0.3 is 15.5 Å². The van der Waals surface area contributed by atoms with Crippen molar-refractivity contribution >= 4 is 11.7 Å². The third kappa shape index (κ3) is 2.20. The van der Waals surface area contributed by atoms with Crippen LogP contribution in [0.3, 0.4) is 0 Å². The average Bonchev–Trinajstić information content (AvgIpc) is 2.87. The summed E-state index contributed by atoms with van der Waals surface area (Å²) in [5, 5.41) is 6.49. The van der Waals surface area contributed by atoms with Crippen LogP contribution in [0.5, 0.6) is 0 Å². The third-order valence-corrected chi connectivity index (χ3v) is 3.92. The number of amides is 2. The topological polar surface area (TPSA) is 44.4 Å². The first-order valence-corrected chi connectivity index (χ1v) is 6.70. The van der Waals surface area contributed by atoms with Crippen LogP contribution in [0, 0.1) is 0 Å². The van der Waals surface area contributed by atoms with Gasteiger partial charge in [-0.3, -0.25) is 0 Å². The van der Waals surface area contributed by atoms with E-state index in [2.05, 4.69) is 10.6 Å². The average molecular weight is 245 g/mol. The van der Waals surface area contributed by atoms with E-state index >= 15 is 0 Å². The van der Waals surface area contributed by atoms with E-state index in [1.807, 2.05) is 35.2 Å². The van der Waals surface area contributed by atoms with Gasteiger partial charge in [0.15, 0.2) is 0 Å². The fraction of sp³-hybridized carbons (Fsp3) is 0.500. The van der Waals surface area contributed by atoms with E-state index in [1.165, 1.54) is 12.8 Å². The Bertz CT molecular complexity index is 420. The summed E-state index contributed by atoms with van der Waals surface area (Å²) in [5.74, 6) is 0. The van der Waals surface area contributed by atoms with Crippen LogP contribution in [0.4, 0.5) is 10.5 Å². The first-order valence-electron chi connectivity index (χ1n) is 6.70. The number of benzene rings is 1. The lowest BCUT2D eigenvalue weighted by Gasteiger charge is -2.38. The first-order chi connectivity index (χ1) is 8.84. The quantitative estimate of drug-likeness (QED) is 0.795. The summed E-state index contributed by atoms with van der Waals surface area (Å²) in [6.45, 7) is 1.71. The number of anilines is 1. The summed E-state index contributed by atoms with van der Waals surface area (Å²) in [6, 6.07) is 10.6. The molecule has 1 aliphatic carbocycles. The van der Waals surface area contributed by atoms with Gasteiger partial charge in [-0.1, -0.05) is 18.2 Å². The van der Waals surface area contributed by atoms with Gasteiger partial charge in [-0.25, -0.2) is 4.79 Å². The highest BCUT2D eigenvalue weighted by Gasteiger charge is 2.37. The number of nitrogens with zero attached hydrogens (tertiary/aromatic N) is 1. The normalized spacial score (nSPS) is 26.8. The van der Waals surface area contributed by atoms with E-state index in [1.54, 1.807) is 0 Å². The molecule has 0 aromatic heterocycles. The highest BCUT2D eigenvalue weighted by atomic mass is 16.2. The van der Waals surface area contributed by atoms with Crippen molar-refractivity contribution in [2.45, 2.75) is 31.3 Å². The number of hydrogen-bond donors (Lipinski definition) is 2. The molecule has 1 saturated carbocycles. The molecule has 1 aromatic carbocycles. The molecule has 2 fully saturated rings. The van der Waals surface area contributed by atoms with Gasteiger partial charge in [0.05, 0.1) is 0 Å². The van der Waals surface area contributed by atoms with Crippen molar-refractivity contribution in [2.75, 3.05) is 18.4 Å². The maximum absolute atomic E-state index is 12.3. The maximum Gasteiger partial charge on any atom is 0.322 e. The fourth-order valence-corrected chi connectivity index (χ4v) is 3.06. The van der Waals surface area contributed by atoms with Crippen LogP contribution in [-0.2, 0) is 0 Å². The minimum absolute atomic E-state index is 0.0413. The number of piperazine rings is 1. The van der Waals surface area contributed by atoms with E-state index in [-0.39, 0.29) is 6.03 Å². The number of carbonyl (C=O) groups excluding carboxylic acids is 1. The molecule has 2 amide bonds. The minimum atomic E-state index is 0.0413. The van der Waals surface area contributed by atoms with Gasteiger partial charge in [0.2, 0.25) is 0 Å². The van der Waals surface area contributed by atoms with Crippen LogP contribution in [0.2, 0.25) is 0 Å². The highest BCUT2D eigenvalue weighted by Crippen LogP contribution is 2.26. The van der Waals surface area contributed by atoms with Crippen molar-refractivity contribution in [1.82, 2.24) is 10.2 Å². The van der Waals surface area contributed by atoms with Crippen LogP contribution >= 0.6 is 0 Å². The number of carbonyl (C=O) groups is 1. The fourth-order valence-electron chi connectivity index (χ4n) is 3.06. The summed E-state index contributed by atoms with van der Waals surface area (Å²) in [5.41, 5.74) is 0.871. The van der Waals surface area contributed by atoms with Crippen LogP contribution in [0.1, 0.15) is 19.3 Å². The molecule has 96 valence electrons. The Hall–Kier alpha value is -1.55. The molecule has 0 spiro atoms. The largest absolute Gasteiger partial charge is 0.322 e. The maximum atomic E-state index is 12.3. The molecule has 1 heterocycles. The van der Waals surface area contributed by atoms with Gasteiger partial charge in [-0.05, 0) is 31.4 Å². The summed E-state index contributed by atoms with van der Waals surface area (Å²) in [4.78, 5) is 14.3. The van der Waals surface area contributed by atoms with Crippen LogP contribution in [-0.4, -0.2) is 36.1 Å². The molecule has 1 aliphatic heterocycles. The zero-order chi connectivity index (χ0) is 12.4. The minimum Gasteiger partial charge on any atom is -0.319 e. The predicted octanol–water partition coefficient (Wildman–Crippen LogP) is 2.04. The van der Waals surface area contributed by atoms with Gasteiger partial charge in [0.1, 0.15) is 0 Å². The summed E-state index contributed by atoms with van der Waals surface area (Å²) >= 11 is 0. The first kappa shape index (κ1) is 11.5. The SMILES string of the molecule is O=C(Nc1ccccc1)N1CCNC2CCCC21. The number of hydrogen-bond acceptors (Lipinski definition) is 2. The molecule has 2 aliphatic rings. The number of fused-ring (bicyclic) bond motifs is 1. The summed E-state index contributed by atoms with van der Waals surface area (Å²) in [7, 11) is 0. The molecular weight excluding hydrogens is 226 g/mol. The van der Waals surface area contributed by atoms with Gasteiger partial charge in [-0.15, -0.1) is 0 Å². The molecule has 0 radical (unpaired) electrons. The zero-order valence-electron chi connectivity index (χ0n) is 10.4. The number of nitrogens with one attached hydrogen (secondary N) is 2. The van der Waals surface area contributed by atoms with Crippen LogP contribution < -0.4 is 10.6 Å².